The number of aryl methyl sites for hydroxylation is 1. The number of benzene rings is 3. The lowest BCUT2D eigenvalue weighted by Crippen LogP contribution is -2.50. The average Bonchev–Trinajstić information content (AvgIpc) is 3.05. The van der Waals surface area contributed by atoms with E-state index in [1.807, 2.05) is 37.3 Å². The number of anilines is 1. The van der Waals surface area contributed by atoms with E-state index < -0.39 is 39.7 Å². The summed E-state index contributed by atoms with van der Waals surface area (Å²) in [5.41, 5.74) is 4.32. The molecule has 0 spiro atoms. The molecule has 12 heteroatoms. The first-order valence-corrected chi connectivity index (χ1v) is 17.0. The molecule has 0 saturated carbocycles. The molecule has 0 bridgehead atoms. The van der Waals surface area contributed by atoms with E-state index >= 15 is 4.39 Å². The minimum Gasteiger partial charge on any atom is -0.445 e. The zero-order chi connectivity index (χ0) is 33.0. The minimum atomic E-state index is -3.59. The third kappa shape index (κ3) is 8.07. The Balaban J connectivity index is 1.13. The lowest BCUT2D eigenvalue weighted by molar-refractivity contribution is 0.0685. The highest BCUT2D eigenvalue weighted by atomic mass is 32.2. The van der Waals surface area contributed by atoms with Crippen LogP contribution in [0.25, 0.3) is 22.3 Å². The third-order valence-electron chi connectivity index (χ3n) is 7.89. The summed E-state index contributed by atoms with van der Waals surface area (Å²) in [5.74, 6) is -0.963. The Morgan fingerprint density at radius 2 is 1.68 bits per heavy atom. The Labute approximate surface area is 271 Å². The van der Waals surface area contributed by atoms with E-state index in [2.05, 4.69) is 20.3 Å². The van der Waals surface area contributed by atoms with Gasteiger partial charge in [0.25, 0.3) is 0 Å². The summed E-state index contributed by atoms with van der Waals surface area (Å²) >= 11 is 0. The lowest BCUT2D eigenvalue weighted by atomic mass is 10.0. The first-order valence-electron chi connectivity index (χ1n) is 15.2. The van der Waals surface area contributed by atoms with E-state index in [4.69, 9.17) is 4.74 Å². The number of pyridine rings is 1. The fourth-order valence-electron chi connectivity index (χ4n) is 5.62. The molecule has 1 aliphatic rings. The van der Waals surface area contributed by atoms with Crippen LogP contribution in [-0.2, 0) is 32.7 Å². The molecular weight excluding hydrogens is 624 g/mol. The Morgan fingerprint density at radius 3 is 2.40 bits per heavy atom. The van der Waals surface area contributed by atoms with Crippen molar-refractivity contribution in [3.8, 4) is 11.3 Å². The third-order valence-corrected chi connectivity index (χ3v) is 9.41. The average molecular weight is 658 g/mol. The zero-order valence-electron chi connectivity index (χ0n) is 25.6. The fraction of sp³-hybridized carbons (Fsp3) is 0.257. The van der Waals surface area contributed by atoms with Crippen LogP contribution in [-0.4, -0.2) is 59.7 Å². The van der Waals surface area contributed by atoms with E-state index in [1.165, 1.54) is 23.2 Å². The van der Waals surface area contributed by atoms with Gasteiger partial charge in [0.1, 0.15) is 24.1 Å². The quantitative estimate of drug-likeness (QED) is 0.193. The number of aromatic nitrogens is 3. The van der Waals surface area contributed by atoms with Crippen LogP contribution in [0.15, 0.2) is 91.1 Å². The molecule has 3 aromatic carbocycles. The van der Waals surface area contributed by atoms with E-state index in [0.29, 0.717) is 27.9 Å². The van der Waals surface area contributed by atoms with Gasteiger partial charge in [-0.25, -0.2) is 36.9 Å². The van der Waals surface area contributed by atoms with Gasteiger partial charge in [-0.05, 0) is 35.7 Å². The highest BCUT2D eigenvalue weighted by molar-refractivity contribution is 7.89. The molecule has 2 atom stereocenters. The standard InChI is InChI=1S/C35H33F2N5O4S/c1-23-14-31(26-12-13-27(30(37)15-26)22-47(44,45)21-25-10-6-3-7-11-25)40-32-17-38-34(41-33(23)32)39-29-16-28(36)18-42(19-29)35(43)46-20-24-8-4-2-5-9-24/h2-15,17,28-29H,16,18-22H2,1H3,(H,38,39,41)/t28-,29-/m0/s1. The first kappa shape index (κ1) is 32.0. The number of fused-ring (bicyclic) bond motifs is 1. The monoisotopic (exact) mass is 657 g/mol. The number of sulfone groups is 1. The summed E-state index contributed by atoms with van der Waals surface area (Å²) in [6, 6.07) is 23.8. The molecule has 3 heterocycles. The minimum absolute atomic E-state index is 0.0543. The summed E-state index contributed by atoms with van der Waals surface area (Å²) in [4.78, 5) is 27.6. The lowest BCUT2D eigenvalue weighted by Gasteiger charge is -2.34. The molecular formula is C35H33F2N5O4S. The number of amides is 1. The van der Waals surface area contributed by atoms with Crippen LogP contribution >= 0.6 is 0 Å². The summed E-state index contributed by atoms with van der Waals surface area (Å²) in [5, 5.41) is 3.14. The van der Waals surface area contributed by atoms with Crippen LogP contribution in [0.3, 0.4) is 0 Å². The number of carbonyl (C=O) groups excluding carboxylic acids is 1. The molecule has 1 saturated heterocycles. The summed E-state index contributed by atoms with van der Waals surface area (Å²) in [7, 11) is -3.59. The molecule has 5 aromatic rings. The van der Waals surface area contributed by atoms with Gasteiger partial charge in [-0.1, -0.05) is 72.8 Å². The number of ether oxygens (including phenoxy) is 1. The second kappa shape index (κ2) is 13.8. The van der Waals surface area contributed by atoms with Crippen LogP contribution in [0.5, 0.6) is 0 Å². The topological polar surface area (TPSA) is 114 Å². The Hall–Kier alpha value is -4.97. The SMILES string of the molecule is Cc1cc(-c2ccc(CS(=O)(=O)Cc3ccccc3)c(F)c2)nc2cnc(N[C@H]3C[C@H](F)CN(C(=O)OCc4ccccc4)C3)nc12. The number of halogens is 2. The van der Waals surface area contributed by atoms with Gasteiger partial charge in [-0.15, -0.1) is 0 Å². The van der Waals surface area contributed by atoms with Crippen molar-refractivity contribution in [1.82, 2.24) is 19.9 Å². The fourth-order valence-corrected chi connectivity index (χ4v) is 7.13. The predicted molar refractivity (Wildman–Crippen MR) is 175 cm³/mol. The van der Waals surface area contributed by atoms with Gasteiger partial charge in [-0.3, -0.25) is 0 Å². The summed E-state index contributed by atoms with van der Waals surface area (Å²) < 4.78 is 60.6. The first-order chi connectivity index (χ1) is 22.6. The molecule has 1 aliphatic heterocycles. The van der Waals surface area contributed by atoms with Crippen molar-refractivity contribution in [2.24, 2.45) is 0 Å². The molecule has 6 rings (SSSR count). The zero-order valence-corrected chi connectivity index (χ0v) is 26.5. The maximum atomic E-state index is 15.1. The molecule has 0 aliphatic carbocycles. The van der Waals surface area contributed by atoms with Gasteiger partial charge in [0, 0.05) is 30.1 Å². The normalized spacial score (nSPS) is 16.6. The van der Waals surface area contributed by atoms with Gasteiger partial charge in [0.2, 0.25) is 5.95 Å². The van der Waals surface area contributed by atoms with Crippen LogP contribution in [0.1, 0.15) is 28.7 Å². The van der Waals surface area contributed by atoms with Gasteiger partial charge in [-0.2, -0.15) is 0 Å². The number of alkyl halides is 1. The Kier molecular flexibility index (Phi) is 9.39. The molecule has 9 nitrogen and oxygen atoms in total. The predicted octanol–water partition coefficient (Wildman–Crippen LogP) is 6.42. The van der Waals surface area contributed by atoms with Gasteiger partial charge in [0.15, 0.2) is 9.84 Å². The highest BCUT2D eigenvalue weighted by Crippen LogP contribution is 2.27. The van der Waals surface area contributed by atoms with Crippen molar-refractivity contribution >= 4 is 32.9 Å². The molecule has 47 heavy (non-hydrogen) atoms. The number of piperidine rings is 1. The van der Waals surface area contributed by atoms with Crippen molar-refractivity contribution in [3.63, 3.8) is 0 Å². The van der Waals surface area contributed by atoms with E-state index in [1.54, 1.807) is 42.5 Å². The molecule has 1 N–H and O–H groups in total. The maximum absolute atomic E-state index is 15.1. The van der Waals surface area contributed by atoms with Crippen LogP contribution in [0.4, 0.5) is 19.5 Å². The number of nitrogens with one attached hydrogen (secondary N) is 1. The van der Waals surface area contributed by atoms with Gasteiger partial charge >= 0.3 is 6.09 Å². The van der Waals surface area contributed by atoms with E-state index in [-0.39, 0.29) is 43.4 Å². The van der Waals surface area contributed by atoms with Crippen molar-refractivity contribution in [1.29, 1.82) is 0 Å². The molecule has 0 unspecified atom stereocenters. The molecule has 1 amide bonds. The molecule has 242 valence electrons. The molecule has 1 fully saturated rings. The van der Waals surface area contributed by atoms with Crippen LogP contribution in [0, 0.1) is 12.7 Å². The van der Waals surface area contributed by atoms with Crippen molar-refractivity contribution in [3.05, 3.63) is 119 Å². The molecule has 0 radical (unpaired) electrons. The number of hydrogen-bond acceptors (Lipinski definition) is 8. The van der Waals surface area contributed by atoms with Gasteiger partial charge in [0.05, 0.1) is 35.5 Å². The summed E-state index contributed by atoms with van der Waals surface area (Å²) in [6.45, 7) is 2.11. The smallest absolute Gasteiger partial charge is 0.410 e. The van der Waals surface area contributed by atoms with Crippen LogP contribution in [0.2, 0.25) is 0 Å². The number of likely N-dealkylation sites (tertiary alicyclic amines) is 1. The Bertz CT molecular complexity index is 2000. The number of rotatable bonds is 9. The van der Waals surface area contributed by atoms with Crippen molar-refractivity contribution in [2.45, 2.75) is 43.7 Å². The number of carbonyl (C=O) groups is 1. The van der Waals surface area contributed by atoms with Crippen LogP contribution < -0.4 is 5.32 Å². The highest BCUT2D eigenvalue weighted by Gasteiger charge is 2.31. The van der Waals surface area contributed by atoms with E-state index in [9.17, 15) is 17.6 Å². The largest absolute Gasteiger partial charge is 0.445 e. The molecule has 2 aromatic heterocycles. The second-order valence-corrected chi connectivity index (χ2v) is 13.8. The number of nitrogens with zero attached hydrogens (tertiary/aromatic N) is 4. The van der Waals surface area contributed by atoms with Crippen molar-refractivity contribution < 1.29 is 26.7 Å². The number of hydrogen-bond donors (Lipinski definition) is 1. The summed E-state index contributed by atoms with van der Waals surface area (Å²) in [6.07, 6.45) is -0.125. The maximum Gasteiger partial charge on any atom is 0.410 e. The van der Waals surface area contributed by atoms with Crippen molar-refractivity contribution in [2.75, 3.05) is 18.4 Å². The van der Waals surface area contributed by atoms with E-state index in [0.717, 1.165) is 11.1 Å². The second-order valence-electron chi connectivity index (χ2n) is 11.7. The van der Waals surface area contributed by atoms with Gasteiger partial charge < -0.3 is 15.0 Å². The Morgan fingerprint density at radius 1 is 0.957 bits per heavy atom.